The summed E-state index contributed by atoms with van der Waals surface area (Å²) in [6, 6.07) is 13.0. The van der Waals surface area contributed by atoms with Gasteiger partial charge in [0, 0.05) is 0 Å². The highest BCUT2D eigenvalue weighted by Gasteiger charge is 2.38. The Balaban J connectivity index is 2.24. The Kier molecular flexibility index (Phi) is 6.01. The van der Waals surface area contributed by atoms with Gasteiger partial charge >= 0.3 is 5.97 Å². The molecular formula is C22H27NO4. The van der Waals surface area contributed by atoms with Gasteiger partial charge in [0.2, 0.25) is 0 Å². The zero-order valence-corrected chi connectivity index (χ0v) is 16.1. The third-order valence-electron chi connectivity index (χ3n) is 5.38. The third-order valence-corrected chi connectivity index (χ3v) is 5.38. The van der Waals surface area contributed by atoms with E-state index in [1.807, 2.05) is 30.3 Å². The van der Waals surface area contributed by atoms with Crippen molar-refractivity contribution >= 4 is 5.97 Å². The number of likely N-dealkylation sites (tertiary alicyclic amines) is 1. The lowest BCUT2D eigenvalue weighted by molar-refractivity contribution is -0.145. The smallest absolute Gasteiger partial charge is 0.320 e. The quantitative estimate of drug-likeness (QED) is 0.833. The maximum Gasteiger partial charge on any atom is 0.320 e. The maximum atomic E-state index is 12.0. The standard InChI is InChI=1S/C22H27NO4/c1-15-9-4-5-10-16(15)21(23-14-7-6-11-17(23)22(24)25)20-18(26-2)12-8-13-19(20)27-3/h4-5,8-10,12-13,17,21H,6-7,11,14H2,1-3H3,(H,24,25). The second-order valence-electron chi connectivity index (χ2n) is 6.92. The minimum atomic E-state index is -0.776. The molecule has 0 aromatic heterocycles. The molecule has 0 amide bonds. The van der Waals surface area contributed by atoms with E-state index in [9.17, 15) is 9.90 Å². The Labute approximate surface area is 160 Å². The van der Waals surface area contributed by atoms with E-state index >= 15 is 0 Å². The molecule has 1 aliphatic rings. The van der Waals surface area contributed by atoms with Gasteiger partial charge in [0.05, 0.1) is 25.8 Å². The van der Waals surface area contributed by atoms with Crippen molar-refractivity contribution in [2.24, 2.45) is 0 Å². The molecule has 0 saturated carbocycles. The van der Waals surface area contributed by atoms with Gasteiger partial charge in [0.15, 0.2) is 0 Å². The largest absolute Gasteiger partial charge is 0.496 e. The van der Waals surface area contributed by atoms with Crippen molar-refractivity contribution in [2.45, 2.75) is 38.3 Å². The number of carboxylic acids is 1. The van der Waals surface area contributed by atoms with Crippen LogP contribution >= 0.6 is 0 Å². The molecule has 1 heterocycles. The second kappa shape index (κ2) is 8.44. The van der Waals surface area contributed by atoms with Crippen molar-refractivity contribution in [3.8, 4) is 11.5 Å². The van der Waals surface area contributed by atoms with Crippen LogP contribution in [0.5, 0.6) is 11.5 Å². The van der Waals surface area contributed by atoms with Crippen LogP contribution in [0.1, 0.15) is 42.0 Å². The maximum absolute atomic E-state index is 12.0. The van der Waals surface area contributed by atoms with Gasteiger partial charge in [0.1, 0.15) is 17.5 Å². The first-order valence-electron chi connectivity index (χ1n) is 9.33. The third kappa shape index (κ3) is 3.78. The molecule has 144 valence electrons. The number of ether oxygens (including phenoxy) is 2. The summed E-state index contributed by atoms with van der Waals surface area (Å²) < 4.78 is 11.3. The molecule has 5 nitrogen and oxygen atoms in total. The fourth-order valence-electron chi connectivity index (χ4n) is 4.07. The van der Waals surface area contributed by atoms with Gasteiger partial charge in [-0.15, -0.1) is 0 Å². The monoisotopic (exact) mass is 369 g/mol. The Morgan fingerprint density at radius 2 is 1.74 bits per heavy atom. The average molecular weight is 369 g/mol. The van der Waals surface area contributed by atoms with E-state index in [-0.39, 0.29) is 6.04 Å². The Bertz CT molecular complexity index is 782. The average Bonchev–Trinajstić information content (AvgIpc) is 2.69. The number of hydrogen-bond donors (Lipinski definition) is 1. The number of methoxy groups -OCH3 is 2. The number of carboxylic acid groups (broad SMARTS) is 1. The number of aliphatic carboxylic acids is 1. The summed E-state index contributed by atoms with van der Waals surface area (Å²) in [4.78, 5) is 14.1. The number of carbonyl (C=O) groups is 1. The molecule has 0 aliphatic carbocycles. The molecule has 1 aliphatic heterocycles. The summed E-state index contributed by atoms with van der Waals surface area (Å²) in [6.45, 7) is 2.78. The fraction of sp³-hybridized carbons (Fsp3) is 0.409. The topological polar surface area (TPSA) is 59.0 Å². The van der Waals surface area contributed by atoms with Crippen LogP contribution in [-0.2, 0) is 4.79 Å². The first-order valence-corrected chi connectivity index (χ1v) is 9.33. The summed E-state index contributed by atoms with van der Waals surface area (Å²) in [6.07, 6.45) is 2.55. The van der Waals surface area contributed by atoms with Crippen LogP contribution in [-0.4, -0.2) is 42.8 Å². The van der Waals surface area contributed by atoms with Crippen LogP contribution in [0.25, 0.3) is 0 Å². The van der Waals surface area contributed by atoms with Gasteiger partial charge in [-0.05, 0) is 49.6 Å². The normalized spacial score (nSPS) is 18.7. The van der Waals surface area contributed by atoms with Crippen molar-refractivity contribution < 1.29 is 19.4 Å². The van der Waals surface area contributed by atoms with Gasteiger partial charge in [-0.2, -0.15) is 0 Å². The summed E-state index contributed by atoms with van der Waals surface area (Å²) >= 11 is 0. The minimum Gasteiger partial charge on any atom is -0.496 e. The summed E-state index contributed by atoms with van der Waals surface area (Å²) in [7, 11) is 3.27. The molecule has 1 N–H and O–H groups in total. The lowest BCUT2D eigenvalue weighted by Gasteiger charge is -2.40. The molecule has 3 rings (SSSR count). The van der Waals surface area contributed by atoms with E-state index in [4.69, 9.17) is 9.47 Å². The first-order chi connectivity index (χ1) is 13.1. The molecule has 1 saturated heterocycles. The van der Waals surface area contributed by atoms with E-state index < -0.39 is 12.0 Å². The summed E-state index contributed by atoms with van der Waals surface area (Å²) in [5.41, 5.74) is 3.07. The van der Waals surface area contributed by atoms with Crippen molar-refractivity contribution in [2.75, 3.05) is 20.8 Å². The number of nitrogens with zero attached hydrogens (tertiary/aromatic N) is 1. The van der Waals surface area contributed by atoms with Crippen LogP contribution in [0.3, 0.4) is 0 Å². The zero-order chi connectivity index (χ0) is 19.4. The van der Waals surface area contributed by atoms with Crippen LogP contribution in [0, 0.1) is 6.92 Å². The van der Waals surface area contributed by atoms with E-state index in [1.165, 1.54) is 0 Å². The van der Waals surface area contributed by atoms with Crippen LogP contribution < -0.4 is 9.47 Å². The van der Waals surface area contributed by atoms with E-state index in [1.54, 1.807) is 14.2 Å². The lowest BCUT2D eigenvalue weighted by atomic mass is 9.88. The highest BCUT2D eigenvalue weighted by molar-refractivity contribution is 5.74. The Hall–Kier alpha value is -2.53. The van der Waals surface area contributed by atoms with Crippen molar-refractivity contribution in [1.82, 2.24) is 4.90 Å². The van der Waals surface area contributed by atoms with Crippen molar-refractivity contribution in [3.63, 3.8) is 0 Å². The number of aryl methyl sites for hydroxylation is 1. The molecule has 0 spiro atoms. The Morgan fingerprint density at radius 3 is 2.33 bits per heavy atom. The van der Waals surface area contributed by atoms with Crippen LogP contribution in [0.2, 0.25) is 0 Å². The molecule has 2 aromatic rings. The number of piperidine rings is 1. The summed E-state index contributed by atoms with van der Waals surface area (Å²) in [5, 5.41) is 9.87. The highest BCUT2D eigenvalue weighted by atomic mass is 16.5. The highest BCUT2D eigenvalue weighted by Crippen LogP contribution is 2.43. The van der Waals surface area contributed by atoms with E-state index in [0.29, 0.717) is 17.9 Å². The minimum absolute atomic E-state index is 0.251. The SMILES string of the molecule is COc1cccc(OC)c1C(c1ccccc1C)N1CCCCC1C(=O)O. The Morgan fingerprint density at radius 1 is 1.07 bits per heavy atom. The molecule has 5 heteroatoms. The predicted octanol–water partition coefficient (Wildman–Crippen LogP) is 4.04. The molecule has 0 bridgehead atoms. The molecule has 2 atom stereocenters. The second-order valence-corrected chi connectivity index (χ2v) is 6.92. The number of rotatable bonds is 6. The van der Waals surface area contributed by atoms with Gasteiger partial charge in [-0.1, -0.05) is 36.8 Å². The molecule has 27 heavy (non-hydrogen) atoms. The lowest BCUT2D eigenvalue weighted by Crippen LogP contribution is -2.47. The van der Waals surface area contributed by atoms with Gasteiger partial charge in [-0.25, -0.2) is 0 Å². The van der Waals surface area contributed by atoms with Gasteiger partial charge < -0.3 is 14.6 Å². The van der Waals surface area contributed by atoms with E-state index in [0.717, 1.165) is 36.1 Å². The zero-order valence-electron chi connectivity index (χ0n) is 16.1. The molecule has 1 fully saturated rings. The van der Waals surface area contributed by atoms with Gasteiger partial charge in [0.25, 0.3) is 0 Å². The summed E-state index contributed by atoms with van der Waals surface area (Å²) in [5.74, 6) is 0.636. The molecule has 2 unspecified atom stereocenters. The number of benzene rings is 2. The molecule has 2 aromatic carbocycles. The van der Waals surface area contributed by atoms with Gasteiger partial charge in [-0.3, -0.25) is 9.69 Å². The van der Waals surface area contributed by atoms with Crippen molar-refractivity contribution in [1.29, 1.82) is 0 Å². The molecular weight excluding hydrogens is 342 g/mol. The van der Waals surface area contributed by atoms with Crippen LogP contribution in [0.4, 0.5) is 0 Å². The first kappa shape index (κ1) is 19.2. The number of hydrogen-bond acceptors (Lipinski definition) is 4. The van der Waals surface area contributed by atoms with Crippen molar-refractivity contribution in [3.05, 3.63) is 59.2 Å². The molecule has 0 radical (unpaired) electrons. The fourth-order valence-corrected chi connectivity index (χ4v) is 4.07. The predicted molar refractivity (Wildman–Crippen MR) is 105 cm³/mol. The van der Waals surface area contributed by atoms with Crippen LogP contribution in [0.15, 0.2) is 42.5 Å². The van der Waals surface area contributed by atoms with E-state index in [2.05, 4.69) is 24.0 Å².